The lowest BCUT2D eigenvalue weighted by atomic mass is 10.1. The first kappa shape index (κ1) is 24.3. The average molecular weight is 471 g/mol. The van der Waals surface area contributed by atoms with Gasteiger partial charge in [-0.25, -0.2) is 12.8 Å². The van der Waals surface area contributed by atoms with Crippen molar-refractivity contribution >= 4 is 21.6 Å². The SMILES string of the molecule is Cc1ccc(NS(=O)(=O)c2ccc(OCC(=O)N[C@@H](C)c3ccc(F)cc3)c(C)c2)cc1C. The van der Waals surface area contributed by atoms with Gasteiger partial charge in [0.05, 0.1) is 10.9 Å². The lowest BCUT2D eigenvalue weighted by Crippen LogP contribution is -2.31. The highest BCUT2D eigenvalue weighted by Gasteiger charge is 2.17. The second-order valence-corrected chi connectivity index (χ2v) is 9.64. The van der Waals surface area contributed by atoms with Crippen molar-refractivity contribution in [3.05, 3.63) is 88.7 Å². The normalized spacial score (nSPS) is 12.2. The van der Waals surface area contributed by atoms with Gasteiger partial charge < -0.3 is 10.1 Å². The molecule has 0 spiro atoms. The number of aryl methyl sites for hydroxylation is 3. The van der Waals surface area contributed by atoms with E-state index < -0.39 is 10.0 Å². The fourth-order valence-corrected chi connectivity index (χ4v) is 4.37. The van der Waals surface area contributed by atoms with Gasteiger partial charge in [0.15, 0.2) is 6.61 Å². The Balaban J connectivity index is 1.62. The first-order valence-electron chi connectivity index (χ1n) is 10.4. The van der Waals surface area contributed by atoms with Crippen LogP contribution in [0.1, 0.15) is 35.2 Å². The van der Waals surface area contributed by atoms with E-state index in [0.717, 1.165) is 16.7 Å². The number of anilines is 1. The Kier molecular flexibility index (Phi) is 7.38. The van der Waals surface area contributed by atoms with Crippen LogP contribution in [0.3, 0.4) is 0 Å². The van der Waals surface area contributed by atoms with Crippen LogP contribution >= 0.6 is 0 Å². The minimum absolute atomic E-state index is 0.0972. The molecule has 3 aromatic rings. The second kappa shape index (κ2) is 10.0. The summed E-state index contributed by atoms with van der Waals surface area (Å²) in [6.07, 6.45) is 0. The zero-order valence-electron chi connectivity index (χ0n) is 19.0. The van der Waals surface area contributed by atoms with Crippen molar-refractivity contribution in [2.24, 2.45) is 0 Å². The smallest absolute Gasteiger partial charge is 0.261 e. The van der Waals surface area contributed by atoms with Crippen LogP contribution in [0.15, 0.2) is 65.6 Å². The van der Waals surface area contributed by atoms with Gasteiger partial charge in [0.25, 0.3) is 15.9 Å². The molecule has 3 rings (SSSR count). The van der Waals surface area contributed by atoms with E-state index >= 15 is 0 Å². The van der Waals surface area contributed by atoms with Gasteiger partial charge >= 0.3 is 0 Å². The summed E-state index contributed by atoms with van der Waals surface area (Å²) in [4.78, 5) is 12.3. The maximum absolute atomic E-state index is 13.1. The third-order valence-corrected chi connectivity index (χ3v) is 6.70. The number of amides is 1. The van der Waals surface area contributed by atoms with Crippen LogP contribution in [0.4, 0.5) is 10.1 Å². The van der Waals surface area contributed by atoms with Crippen molar-refractivity contribution in [2.75, 3.05) is 11.3 Å². The van der Waals surface area contributed by atoms with E-state index in [4.69, 9.17) is 4.74 Å². The van der Waals surface area contributed by atoms with Gasteiger partial charge in [-0.2, -0.15) is 0 Å². The van der Waals surface area contributed by atoms with Crippen LogP contribution in [-0.4, -0.2) is 20.9 Å². The Labute approximate surface area is 193 Å². The molecule has 0 aliphatic heterocycles. The highest BCUT2D eigenvalue weighted by molar-refractivity contribution is 7.92. The maximum atomic E-state index is 13.1. The molecule has 174 valence electrons. The van der Waals surface area contributed by atoms with Crippen molar-refractivity contribution in [1.82, 2.24) is 5.32 Å². The van der Waals surface area contributed by atoms with Gasteiger partial charge in [-0.05, 0) is 92.4 Å². The van der Waals surface area contributed by atoms with E-state index in [1.165, 1.54) is 30.3 Å². The molecule has 3 aromatic carbocycles. The summed E-state index contributed by atoms with van der Waals surface area (Å²) in [7, 11) is -3.77. The van der Waals surface area contributed by atoms with Gasteiger partial charge in [0, 0.05) is 5.69 Å². The number of ether oxygens (including phenoxy) is 1. The third-order valence-electron chi connectivity index (χ3n) is 5.32. The standard InChI is InChI=1S/C25H27FN2O4S/c1-16-5-10-22(13-17(16)2)28-33(30,31)23-11-12-24(18(3)14-23)32-15-25(29)27-19(4)20-6-8-21(26)9-7-20/h5-14,19,28H,15H2,1-4H3,(H,27,29)/t19-/m0/s1. The molecular formula is C25H27FN2O4S. The maximum Gasteiger partial charge on any atom is 0.261 e. The van der Waals surface area contributed by atoms with Crippen LogP contribution in [0.2, 0.25) is 0 Å². The highest BCUT2D eigenvalue weighted by atomic mass is 32.2. The first-order chi connectivity index (χ1) is 15.5. The number of hydrogen-bond acceptors (Lipinski definition) is 4. The van der Waals surface area contributed by atoms with E-state index in [9.17, 15) is 17.6 Å². The summed E-state index contributed by atoms with van der Waals surface area (Å²) in [6, 6.07) is 15.4. The predicted molar refractivity (Wildman–Crippen MR) is 126 cm³/mol. The van der Waals surface area contributed by atoms with E-state index in [0.29, 0.717) is 17.0 Å². The Morgan fingerprint density at radius 3 is 2.27 bits per heavy atom. The van der Waals surface area contributed by atoms with E-state index in [1.54, 1.807) is 38.1 Å². The number of nitrogens with one attached hydrogen (secondary N) is 2. The molecule has 1 atom stereocenters. The fraction of sp³-hybridized carbons (Fsp3) is 0.240. The molecule has 0 unspecified atom stereocenters. The molecule has 0 saturated heterocycles. The molecular weight excluding hydrogens is 443 g/mol. The monoisotopic (exact) mass is 470 g/mol. The predicted octanol–water partition coefficient (Wildman–Crippen LogP) is 4.81. The third kappa shape index (κ3) is 6.32. The largest absolute Gasteiger partial charge is 0.484 e. The minimum atomic E-state index is -3.77. The average Bonchev–Trinajstić information content (AvgIpc) is 2.75. The molecule has 0 fully saturated rings. The van der Waals surface area contributed by atoms with Crippen molar-refractivity contribution in [3.8, 4) is 5.75 Å². The summed E-state index contributed by atoms with van der Waals surface area (Å²) in [5.41, 5.74) is 3.90. The lowest BCUT2D eigenvalue weighted by Gasteiger charge is -2.16. The molecule has 0 bridgehead atoms. The number of halogens is 1. The lowest BCUT2D eigenvalue weighted by molar-refractivity contribution is -0.123. The summed E-state index contributed by atoms with van der Waals surface area (Å²) in [5.74, 6) is -0.283. The fourth-order valence-electron chi connectivity index (χ4n) is 3.23. The summed E-state index contributed by atoms with van der Waals surface area (Å²) >= 11 is 0. The van der Waals surface area contributed by atoms with Gasteiger partial charge in [0.1, 0.15) is 11.6 Å². The van der Waals surface area contributed by atoms with Crippen LogP contribution in [0.5, 0.6) is 5.75 Å². The van der Waals surface area contributed by atoms with Crippen LogP contribution in [-0.2, 0) is 14.8 Å². The van der Waals surface area contributed by atoms with Gasteiger partial charge in [-0.15, -0.1) is 0 Å². The number of benzene rings is 3. The summed E-state index contributed by atoms with van der Waals surface area (Å²) < 4.78 is 46.7. The molecule has 0 aliphatic rings. The zero-order valence-corrected chi connectivity index (χ0v) is 19.8. The molecule has 1 amide bonds. The first-order valence-corrected chi connectivity index (χ1v) is 11.9. The number of sulfonamides is 1. The quantitative estimate of drug-likeness (QED) is 0.495. The van der Waals surface area contributed by atoms with E-state index in [2.05, 4.69) is 10.0 Å². The number of carbonyl (C=O) groups excluding carboxylic acids is 1. The van der Waals surface area contributed by atoms with Gasteiger partial charge in [-0.1, -0.05) is 18.2 Å². The number of carbonyl (C=O) groups is 1. The molecule has 8 heteroatoms. The zero-order chi connectivity index (χ0) is 24.2. The highest BCUT2D eigenvalue weighted by Crippen LogP contribution is 2.24. The Morgan fingerprint density at radius 1 is 0.939 bits per heavy atom. The van der Waals surface area contributed by atoms with E-state index in [-0.39, 0.29) is 29.3 Å². The van der Waals surface area contributed by atoms with Crippen LogP contribution in [0, 0.1) is 26.6 Å². The molecule has 0 saturated carbocycles. The minimum Gasteiger partial charge on any atom is -0.484 e. The van der Waals surface area contributed by atoms with Crippen LogP contribution in [0.25, 0.3) is 0 Å². The molecule has 6 nitrogen and oxygen atoms in total. The Hall–Kier alpha value is -3.39. The van der Waals surface area contributed by atoms with E-state index in [1.807, 2.05) is 19.9 Å². The number of hydrogen-bond donors (Lipinski definition) is 2. The van der Waals surface area contributed by atoms with Gasteiger partial charge in [-0.3, -0.25) is 9.52 Å². The molecule has 0 radical (unpaired) electrons. The Bertz CT molecular complexity index is 1260. The molecule has 0 aliphatic carbocycles. The molecule has 0 heterocycles. The van der Waals surface area contributed by atoms with Crippen LogP contribution < -0.4 is 14.8 Å². The molecule has 33 heavy (non-hydrogen) atoms. The number of rotatable bonds is 8. The van der Waals surface area contributed by atoms with Crippen molar-refractivity contribution < 1.29 is 22.3 Å². The summed E-state index contributed by atoms with van der Waals surface area (Å²) in [6.45, 7) is 7.14. The Morgan fingerprint density at radius 2 is 1.64 bits per heavy atom. The topological polar surface area (TPSA) is 84.5 Å². The summed E-state index contributed by atoms with van der Waals surface area (Å²) in [5, 5.41) is 2.78. The van der Waals surface area contributed by atoms with Crippen molar-refractivity contribution in [3.63, 3.8) is 0 Å². The van der Waals surface area contributed by atoms with Gasteiger partial charge in [0.2, 0.25) is 0 Å². The molecule has 0 aromatic heterocycles. The second-order valence-electron chi connectivity index (χ2n) is 7.96. The molecule has 2 N–H and O–H groups in total. The van der Waals surface area contributed by atoms with Crippen molar-refractivity contribution in [1.29, 1.82) is 0 Å². The van der Waals surface area contributed by atoms with Crippen molar-refractivity contribution in [2.45, 2.75) is 38.6 Å².